The maximum absolute atomic E-state index is 11.5. The highest BCUT2D eigenvalue weighted by Gasteiger charge is 2.37. The van der Waals surface area contributed by atoms with E-state index >= 15 is 0 Å². The van der Waals surface area contributed by atoms with Crippen molar-refractivity contribution in [3.8, 4) is 0 Å². The van der Waals surface area contributed by atoms with Crippen molar-refractivity contribution in [1.82, 2.24) is 10.2 Å². The van der Waals surface area contributed by atoms with Gasteiger partial charge in [0.05, 0.1) is 12.7 Å². The number of morpholine rings is 1. The Balaban J connectivity index is 1.83. The van der Waals surface area contributed by atoms with E-state index in [4.69, 9.17) is 4.74 Å². The molecule has 1 aliphatic heterocycles. The van der Waals surface area contributed by atoms with Gasteiger partial charge in [-0.25, -0.2) is 0 Å². The van der Waals surface area contributed by atoms with Crippen LogP contribution in [0.4, 0.5) is 0 Å². The minimum absolute atomic E-state index is 0.175. The molecular weight excluding hydrogens is 268 g/mol. The molecule has 5 heteroatoms. The van der Waals surface area contributed by atoms with Gasteiger partial charge in [-0.1, -0.05) is 0 Å². The first-order valence-corrected chi connectivity index (χ1v) is 8.29. The average molecular weight is 298 g/mol. The number of hydrogen-bond donors (Lipinski definition) is 2. The van der Waals surface area contributed by atoms with E-state index in [1.165, 1.54) is 19.3 Å². The molecule has 2 rings (SSSR count). The van der Waals surface area contributed by atoms with Gasteiger partial charge in [0.1, 0.15) is 5.54 Å². The van der Waals surface area contributed by atoms with Crippen molar-refractivity contribution in [2.75, 3.05) is 19.7 Å². The highest BCUT2D eigenvalue weighted by molar-refractivity contribution is 5.78. The van der Waals surface area contributed by atoms with Crippen LogP contribution in [0.25, 0.3) is 0 Å². The third kappa shape index (κ3) is 4.18. The van der Waals surface area contributed by atoms with Gasteiger partial charge in [-0.15, -0.1) is 0 Å². The number of nitrogens with zero attached hydrogens (tertiary/aromatic N) is 1. The van der Waals surface area contributed by atoms with Crippen LogP contribution in [-0.4, -0.2) is 59.4 Å². The zero-order chi connectivity index (χ0) is 15.5. The van der Waals surface area contributed by atoms with Crippen LogP contribution in [0.15, 0.2) is 0 Å². The molecule has 122 valence electrons. The lowest BCUT2D eigenvalue weighted by molar-refractivity contribution is -0.145. The molecule has 1 heterocycles. The van der Waals surface area contributed by atoms with E-state index in [1.807, 2.05) is 13.8 Å². The number of carbonyl (C=O) groups is 1. The summed E-state index contributed by atoms with van der Waals surface area (Å²) in [6.07, 6.45) is 5.65. The first kappa shape index (κ1) is 16.7. The Morgan fingerprint density at radius 1 is 1.48 bits per heavy atom. The summed E-state index contributed by atoms with van der Waals surface area (Å²) in [5, 5.41) is 12.7. The molecule has 0 aromatic heterocycles. The average Bonchev–Trinajstić information content (AvgIpc) is 2.86. The van der Waals surface area contributed by atoms with Crippen LogP contribution in [-0.2, 0) is 9.53 Å². The predicted molar refractivity (Wildman–Crippen MR) is 82.5 cm³/mol. The molecular formula is C16H30N2O3. The molecule has 3 atom stereocenters. The second kappa shape index (κ2) is 7.07. The molecule has 1 saturated heterocycles. The molecule has 5 nitrogen and oxygen atoms in total. The molecule has 0 bridgehead atoms. The van der Waals surface area contributed by atoms with Crippen LogP contribution in [0.5, 0.6) is 0 Å². The molecule has 1 aliphatic carbocycles. The van der Waals surface area contributed by atoms with E-state index in [-0.39, 0.29) is 6.04 Å². The smallest absolute Gasteiger partial charge is 0.323 e. The lowest BCUT2D eigenvalue weighted by Crippen LogP contribution is -2.53. The Morgan fingerprint density at radius 3 is 2.90 bits per heavy atom. The van der Waals surface area contributed by atoms with Crippen LogP contribution in [0.2, 0.25) is 0 Å². The summed E-state index contributed by atoms with van der Waals surface area (Å²) in [6, 6.07) is 0.738. The fraction of sp³-hybridized carbons (Fsp3) is 0.938. The third-order valence-electron chi connectivity index (χ3n) is 4.80. The molecule has 1 saturated carbocycles. The number of carboxylic acids is 1. The Bertz CT molecular complexity index is 361. The van der Waals surface area contributed by atoms with Gasteiger partial charge in [-0.2, -0.15) is 0 Å². The highest BCUT2D eigenvalue weighted by atomic mass is 16.5. The van der Waals surface area contributed by atoms with Gasteiger partial charge < -0.3 is 9.84 Å². The van der Waals surface area contributed by atoms with E-state index in [2.05, 4.69) is 10.2 Å². The predicted octanol–water partition coefficient (Wildman–Crippen LogP) is 1.86. The van der Waals surface area contributed by atoms with Crippen molar-refractivity contribution in [2.24, 2.45) is 0 Å². The Labute approximate surface area is 128 Å². The minimum Gasteiger partial charge on any atom is -0.480 e. The van der Waals surface area contributed by atoms with E-state index < -0.39 is 11.5 Å². The van der Waals surface area contributed by atoms with Crippen LogP contribution < -0.4 is 5.32 Å². The lowest BCUT2D eigenvalue weighted by atomic mass is 9.94. The number of rotatable bonds is 7. The number of ether oxygens (including phenoxy) is 1. The van der Waals surface area contributed by atoms with Crippen molar-refractivity contribution in [2.45, 2.75) is 76.6 Å². The second-order valence-corrected chi connectivity index (χ2v) is 6.98. The number of carboxylic acid groups (broad SMARTS) is 1. The molecule has 21 heavy (non-hydrogen) atoms. The van der Waals surface area contributed by atoms with E-state index in [0.29, 0.717) is 18.6 Å². The molecule has 0 spiro atoms. The maximum atomic E-state index is 11.5. The summed E-state index contributed by atoms with van der Waals surface area (Å²) in [4.78, 5) is 14.0. The van der Waals surface area contributed by atoms with Gasteiger partial charge in [0, 0.05) is 18.6 Å². The van der Waals surface area contributed by atoms with Crippen molar-refractivity contribution in [3.63, 3.8) is 0 Å². The summed E-state index contributed by atoms with van der Waals surface area (Å²) < 4.78 is 5.82. The zero-order valence-corrected chi connectivity index (χ0v) is 13.6. The number of hydrogen-bond acceptors (Lipinski definition) is 4. The molecule has 0 amide bonds. The van der Waals surface area contributed by atoms with Gasteiger partial charge in [0.15, 0.2) is 0 Å². The van der Waals surface area contributed by atoms with E-state index in [1.54, 1.807) is 6.92 Å². The summed E-state index contributed by atoms with van der Waals surface area (Å²) in [5.41, 5.74) is -0.824. The van der Waals surface area contributed by atoms with Crippen molar-refractivity contribution >= 4 is 5.97 Å². The van der Waals surface area contributed by atoms with Gasteiger partial charge in [-0.3, -0.25) is 15.0 Å². The van der Waals surface area contributed by atoms with E-state index in [0.717, 1.165) is 26.1 Å². The van der Waals surface area contributed by atoms with Gasteiger partial charge in [0.25, 0.3) is 0 Å². The highest BCUT2D eigenvalue weighted by Crippen LogP contribution is 2.30. The normalized spacial score (nSPS) is 29.3. The largest absolute Gasteiger partial charge is 0.480 e. The first-order chi connectivity index (χ1) is 9.92. The maximum Gasteiger partial charge on any atom is 0.323 e. The summed E-state index contributed by atoms with van der Waals surface area (Å²) in [7, 11) is 0. The number of fused-ring (bicyclic) bond motifs is 1. The monoisotopic (exact) mass is 298 g/mol. The first-order valence-electron chi connectivity index (χ1n) is 8.29. The standard InChI is InChI=1S/C16H30N2O3/c1-12(2)17-16(3,15(19)20)8-5-9-18-10-11-21-14-7-4-6-13(14)18/h12-14,17H,4-11H2,1-3H3,(H,19,20). The fourth-order valence-electron chi connectivity index (χ4n) is 3.80. The van der Waals surface area contributed by atoms with Gasteiger partial charge in [0.2, 0.25) is 0 Å². The molecule has 2 aliphatic rings. The number of aliphatic carboxylic acids is 1. The zero-order valence-electron chi connectivity index (χ0n) is 13.6. The van der Waals surface area contributed by atoms with Crippen LogP contribution in [0, 0.1) is 0 Å². The molecule has 3 unspecified atom stereocenters. The Kier molecular flexibility index (Phi) is 5.63. The summed E-state index contributed by atoms with van der Waals surface area (Å²) >= 11 is 0. The second-order valence-electron chi connectivity index (χ2n) is 6.98. The quantitative estimate of drug-likeness (QED) is 0.751. The fourth-order valence-corrected chi connectivity index (χ4v) is 3.80. The van der Waals surface area contributed by atoms with E-state index in [9.17, 15) is 9.90 Å². The summed E-state index contributed by atoms with van der Waals surface area (Å²) in [5.74, 6) is -0.753. The Morgan fingerprint density at radius 2 is 2.24 bits per heavy atom. The van der Waals surface area contributed by atoms with Crippen molar-refractivity contribution < 1.29 is 14.6 Å². The number of nitrogens with one attached hydrogen (secondary N) is 1. The van der Waals surface area contributed by atoms with Crippen LogP contribution in [0.1, 0.15) is 52.9 Å². The van der Waals surface area contributed by atoms with Crippen molar-refractivity contribution in [1.29, 1.82) is 0 Å². The van der Waals surface area contributed by atoms with Crippen LogP contribution in [0.3, 0.4) is 0 Å². The van der Waals surface area contributed by atoms with Crippen molar-refractivity contribution in [3.05, 3.63) is 0 Å². The topological polar surface area (TPSA) is 61.8 Å². The molecule has 0 aromatic carbocycles. The Hall–Kier alpha value is -0.650. The molecule has 0 aromatic rings. The van der Waals surface area contributed by atoms with Gasteiger partial charge in [-0.05, 0) is 59.4 Å². The third-order valence-corrected chi connectivity index (χ3v) is 4.80. The lowest BCUT2D eigenvalue weighted by Gasteiger charge is -2.38. The molecule has 0 radical (unpaired) electrons. The molecule has 2 fully saturated rings. The summed E-state index contributed by atoms with van der Waals surface area (Å²) in [6.45, 7) is 8.57. The minimum atomic E-state index is -0.824. The SMILES string of the molecule is CC(C)NC(C)(CCCN1CCOC2CCCC21)C(=O)O. The van der Waals surface area contributed by atoms with Crippen LogP contribution >= 0.6 is 0 Å². The molecule has 2 N–H and O–H groups in total. The van der Waals surface area contributed by atoms with Gasteiger partial charge >= 0.3 is 5.97 Å².